The van der Waals surface area contributed by atoms with Crippen LogP contribution in [0.5, 0.6) is 5.75 Å². The Labute approximate surface area is 159 Å². The fourth-order valence-corrected chi connectivity index (χ4v) is 3.44. The number of anilines is 2. The predicted octanol–water partition coefficient (Wildman–Crippen LogP) is 4.51. The second kappa shape index (κ2) is 7.54. The monoisotopic (exact) mass is 358 g/mol. The average molecular weight is 358 g/mol. The number of nitrogens with one attached hydrogen (secondary N) is 1. The largest absolute Gasteiger partial charge is 0.497 e. The number of methoxy groups -OCH3 is 1. The summed E-state index contributed by atoms with van der Waals surface area (Å²) in [4.78, 5) is 14.8. The summed E-state index contributed by atoms with van der Waals surface area (Å²) in [6.07, 6.45) is 1.06. The van der Waals surface area contributed by atoms with Crippen LogP contribution in [0.1, 0.15) is 21.5 Å². The maximum Gasteiger partial charge on any atom is 0.255 e. The van der Waals surface area contributed by atoms with Crippen molar-refractivity contribution in [3.05, 3.63) is 89.5 Å². The molecule has 4 rings (SSSR count). The van der Waals surface area contributed by atoms with Gasteiger partial charge in [-0.25, -0.2) is 0 Å². The number of hydrogen-bond donors (Lipinski definition) is 1. The van der Waals surface area contributed by atoms with Crippen molar-refractivity contribution in [2.24, 2.45) is 0 Å². The molecule has 4 heteroatoms. The molecule has 0 saturated carbocycles. The molecule has 0 spiro atoms. The topological polar surface area (TPSA) is 41.6 Å². The molecule has 0 saturated heterocycles. The third kappa shape index (κ3) is 3.80. The fourth-order valence-electron chi connectivity index (χ4n) is 3.44. The highest BCUT2D eigenvalue weighted by atomic mass is 16.5. The molecular weight excluding hydrogens is 336 g/mol. The number of rotatable bonds is 4. The SMILES string of the molecule is COc1cccc(C(=O)Nc2ccc(N3CCc4ccccc4C3)cc2)c1. The van der Waals surface area contributed by atoms with Crippen molar-refractivity contribution in [1.29, 1.82) is 0 Å². The summed E-state index contributed by atoms with van der Waals surface area (Å²) in [5, 5.41) is 2.94. The lowest BCUT2D eigenvalue weighted by Gasteiger charge is -2.30. The van der Waals surface area contributed by atoms with Gasteiger partial charge in [-0.15, -0.1) is 0 Å². The maximum absolute atomic E-state index is 12.4. The summed E-state index contributed by atoms with van der Waals surface area (Å²) in [5.74, 6) is 0.525. The van der Waals surface area contributed by atoms with Gasteiger partial charge in [-0.3, -0.25) is 4.79 Å². The Hall–Kier alpha value is -3.27. The van der Waals surface area contributed by atoms with E-state index in [-0.39, 0.29) is 5.91 Å². The van der Waals surface area contributed by atoms with Crippen molar-refractivity contribution < 1.29 is 9.53 Å². The van der Waals surface area contributed by atoms with Gasteiger partial charge in [0.1, 0.15) is 5.75 Å². The lowest BCUT2D eigenvalue weighted by atomic mass is 9.99. The summed E-state index contributed by atoms with van der Waals surface area (Å²) in [6, 6.07) is 23.8. The molecule has 1 amide bonds. The summed E-state index contributed by atoms with van der Waals surface area (Å²) >= 11 is 0. The van der Waals surface area contributed by atoms with Gasteiger partial charge in [0.05, 0.1) is 7.11 Å². The molecule has 3 aromatic rings. The van der Waals surface area contributed by atoms with Crippen molar-refractivity contribution in [2.45, 2.75) is 13.0 Å². The molecule has 0 radical (unpaired) electrons. The van der Waals surface area contributed by atoms with Crippen molar-refractivity contribution >= 4 is 17.3 Å². The van der Waals surface area contributed by atoms with E-state index in [9.17, 15) is 4.79 Å². The second-order valence-electron chi connectivity index (χ2n) is 6.67. The molecule has 1 heterocycles. The van der Waals surface area contributed by atoms with E-state index in [1.807, 2.05) is 24.3 Å². The van der Waals surface area contributed by atoms with Crippen molar-refractivity contribution in [2.75, 3.05) is 23.9 Å². The standard InChI is InChI=1S/C23H22N2O2/c1-27-22-8-4-7-18(15-22)23(26)24-20-9-11-21(12-10-20)25-14-13-17-5-2-3-6-19(17)16-25/h2-12,15H,13-14,16H2,1H3,(H,24,26). The van der Waals surface area contributed by atoms with E-state index in [0.717, 1.165) is 25.2 Å². The fraction of sp³-hybridized carbons (Fsp3) is 0.174. The van der Waals surface area contributed by atoms with Gasteiger partial charge < -0.3 is 15.0 Å². The van der Waals surface area contributed by atoms with Crippen LogP contribution < -0.4 is 15.0 Å². The molecule has 0 aliphatic carbocycles. The first-order valence-electron chi connectivity index (χ1n) is 9.10. The Kier molecular flexibility index (Phi) is 4.79. The van der Waals surface area contributed by atoms with Gasteiger partial charge in [-0.2, -0.15) is 0 Å². The zero-order chi connectivity index (χ0) is 18.6. The number of ether oxygens (including phenoxy) is 1. The second-order valence-corrected chi connectivity index (χ2v) is 6.67. The van der Waals surface area contributed by atoms with Crippen molar-refractivity contribution in [3.8, 4) is 5.75 Å². The number of carbonyl (C=O) groups is 1. The molecule has 0 fully saturated rings. The van der Waals surface area contributed by atoms with E-state index < -0.39 is 0 Å². The molecule has 1 aliphatic heterocycles. The average Bonchev–Trinajstić information content (AvgIpc) is 2.74. The maximum atomic E-state index is 12.4. The molecular formula is C23H22N2O2. The van der Waals surface area contributed by atoms with E-state index >= 15 is 0 Å². The molecule has 4 nitrogen and oxygen atoms in total. The van der Waals surface area contributed by atoms with Crippen LogP contribution in [-0.4, -0.2) is 19.6 Å². The van der Waals surface area contributed by atoms with Crippen LogP contribution in [0, 0.1) is 0 Å². The summed E-state index contributed by atoms with van der Waals surface area (Å²) in [7, 11) is 1.59. The molecule has 1 N–H and O–H groups in total. The molecule has 0 bridgehead atoms. The van der Waals surface area contributed by atoms with Crippen LogP contribution in [0.4, 0.5) is 11.4 Å². The summed E-state index contributed by atoms with van der Waals surface area (Å²) < 4.78 is 5.18. The predicted molar refractivity (Wildman–Crippen MR) is 109 cm³/mol. The van der Waals surface area contributed by atoms with Crippen molar-refractivity contribution in [3.63, 3.8) is 0 Å². The van der Waals surface area contributed by atoms with Crippen molar-refractivity contribution in [1.82, 2.24) is 0 Å². The van der Waals surface area contributed by atoms with Crippen LogP contribution in [0.2, 0.25) is 0 Å². The van der Waals surface area contributed by atoms with Crippen LogP contribution in [0.15, 0.2) is 72.8 Å². The molecule has 1 aliphatic rings. The Morgan fingerprint density at radius 2 is 1.74 bits per heavy atom. The third-order valence-electron chi connectivity index (χ3n) is 4.95. The smallest absolute Gasteiger partial charge is 0.255 e. The number of hydrogen-bond acceptors (Lipinski definition) is 3. The van der Waals surface area contributed by atoms with Gasteiger partial charge in [0, 0.05) is 30.0 Å². The highest BCUT2D eigenvalue weighted by Crippen LogP contribution is 2.25. The minimum absolute atomic E-state index is 0.145. The van der Waals surface area contributed by atoms with Gasteiger partial charge in [0.15, 0.2) is 0 Å². The summed E-state index contributed by atoms with van der Waals surface area (Å²) in [5.41, 5.74) is 5.36. The quantitative estimate of drug-likeness (QED) is 0.746. The van der Waals surface area contributed by atoms with Gasteiger partial charge in [0.2, 0.25) is 0 Å². The molecule has 0 atom stereocenters. The zero-order valence-electron chi connectivity index (χ0n) is 15.3. The minimum Gasteiger partial charge on any atom is -0.497 e. The van der Waals surface area contributed by atoms with Crippen LogP contribution in [0.3, 0.4) is 0 Å². The Balaban J connectivity index is 1.44. The number of fused-ring (bicyclic) bond motifs is 1. The number of benzene rings is 3. The lowest BCUT2D eigenvalue weighted by molar-refractivity contribution is 0.102. The highest BCUT2D eigenvalue weighted by molar-refractivity contribution is 6.04. The van der Waals surface area contributed by atoms with Gasteiger partial charge >= 0.3 is 0 Å². The molecule has 0 unspecified atom stereocenters. The van der Waals surface area contributed by atoms with Gasteiger partial charge in [-0.05, 0) is 60.0 Å². The number of nitrogens with zero attached hydrogens (tertiary/aromatic N) is 1. The first-order valence-corrected chi connectivity index (χ1v) is 9.10. The third-order valence-corrected chi connectivity index (χ3v) is 4.95. The molecule has 3 aromatic carbocycles. The molecule has 27 heavy (non-hydrogen) atoms. The lowest BCUT2D eigenvalue weighted by Crippen LogP contribution is -2.30. The summed E-state index contributed by atoms with van der Waals surface area (Å²) in [6.45, 7) is 1.93. The van der Waals surface area contributed by atoms with Crippen LogP contribution >= 0.6 is 0 Å². The van der Waals surface area contributed by atoms with E-state index in [2.05, 4.69) is 46.6 Å². The zero-order valence-corrected chi connectivity index (χ0v) is 15.3. The molecule has 136 valence electrons. The minimum atomic E-state index is -0.145. The normalized spacial score (nSPS) is 13.0. The van der Waals surface area contributed by atoms with E-state index in [4.69, 9.17) is 4.74 Å². The van der Waals surface area contributed by atoms with E-state index in [1.165, 1.54) is 16.8 Å². The molecule has 0 aromatic heterocycles. The first-order chi connectivity index (χ1) is 13.2. The van der Waals surface area contributed by atoms with Crippen LogP contribution in [-0.2, 0) is 13.0 Å². The first kappa shape index (κ1) is 17.2. The van der Waals surface area contributed by atoms with Crippen LogP contribution in [0.25, 0.3) is 0 Å². The van der Waals surface area contributed by atoms with E-state index in [0.29, 0.717) is 11.3 Å². The van der Waals surface area contributed by atoms with Gasteiger partial charge in [-0.1, -0.05) is 30.3 Å². The van der Waals surface area contributed by atoms with Gasteiger partial charge in [0.25, 0.3) is 5.91 Å². The van der Waals surface area contributed by atoms with E-state index in [1.54, 1.807) is 19.2 Å². The Morgan fingerprint density at radius 3 is 2.52 bits per heavy atom. The Bertz CT molecular complexity index is 951. The Morgan fingerprint density at radius 1 is 0.963 bits per heavy atom. The highest BCUT2D eigenvalue weighted by Gasteiger charge is 2.16. The number of carbonyl (C=O) groups excluding carboxylic acids is 1. The number of amides is 1.